The average Bonchev–Trinajstić information content (AvgIpc) is 3.16. The van der Waals surface area contributed by atoms with E-state index in [9.17, 15) is 8.76 Å². The summed E-state index contributed by atoms with van der Waals surface area (Å²) in [5.74, 6) is 1.90. The van der Waals surface area contributed by atoms with Crippen LogP contribution in [0.1, 0.15) is 12.1 Å². The van der Waals surface area contributed by atoms with Crippen molar-refractivity contribution in [3.05, 3.63) is 84.8 Å². The van der Waals surface area contributed by atoms with Crippen LogP contribution in [-0.2, 0) is 21.2 Å². The quantitative estimate of drug-likeness (QED) is 0.409. The Kier molecular flexibility index (Phi) is 5.24. The minimum atomic E-state index is -3.80. The number of ether oxygens (including phenoxy) is 1. The van der Waals surface area contributed by atoms with E-state index in [1.807, 2.05) is 61.5 Å². The van der Waals surface area contributed by atoms with Crippen LogP contribution in [0.25, 0.3) is 11.1 Å². The summed E-state index contributed by atoms with van der Waals surface area (Å²) in [6.07, 6.45) is 3.62. The molecular formula is C24H22N4O3S. The first-order chi connectivity index (χ1) is 15.6. The summed E-state index contributed by atoms with van der Waals surface area (Å²) < 4.78 is 36.5. The van der Waals surface area contributed by atoms with Crippen molar-refractivity contribution in [2.24, 2.45) is 0 Å². The summed E-state index contributed by atoms with van der Waals surface area (Å²) >= 11 is 0. The molecule has 1 unspecified atom stereocenters. The SMILES string of the molecule is Cc1nn2c(c1-c1ccccc1Oc1ccccc1)N([S+](=O)([O-])c1cccnc1)CCC2. The second kappa shape index (κ2) is 8.22. The van der Waals surface area contributed by atoms with E-state index in [1.165, 1.54) is 10.5 Å². The number of aromatic nitrogens is 3. The summed E-state index contributed by atoms with van der Waals surface area (Å²) in [6, 6.07) is 20.4. The predicted molar refractivity (Wildman–Crippen MR) is 122 cm³/mol. The number of fused-ring (bicyclic) bond motifs is 1. The number of benzene rings is 2. The van der Waals surface area contributed by atoms with Gasteiger partial charge >= 0.3 is 0 Å². The number of rotatable bonds is 5. The Labute approximate surface area is 187 Å². The number of hydrogen-bond acceptors (Lipinski definition) is 5. The van der Waals surface area contributed by atoms with E-state index in [2.05, 4.69) is 10.1 Å². The monoisotopic (exact) mass is 446 g/mol. The van der Waals surface area contributed by atoms with E-state index in [0.717, 1.165) is 16.8 Å². The lowest BCUT2D eigenvalue weighted by atomic mass is 10.0. The van der Waals surface area contributed by atoms with Crippen molar-refractivity contribution in [3.8, 4) is 22.6 Å². The van der Waals surface area contributed by atoms with Crippen LogP contribution in [0.4, 0.5) is 5.82 Å². The van der Waals surface area contributed by atoms with Crippen LogP contribution in [0.3, 0.4) is 0 Å². The summed E-state index contributed by atoms with van der Waals surface area (Å²) in [7, 11) is -3.80. The Bertz CT molecular complexity index is 1290. The van der Waals surface area contributed by atoms with Gasteiger partial charge in [0.1, 0.15) is 11.5 Å². The lowest BCUT2D eigenvalue weighted by molar-refractivity contribution is 0.459. The lowest BCUT2D eigenvalue weighted by Gasteiger charge is -2.32. The second-order valence-corrected chi connectivity index (χ2v) is 9.40. The molecule has 7 nitrogen and oxygen atoms in total. The van der Waals surface area contributed by atoms with E-state index in [4.69, 9.17) is 4.74 Å². The molecule has 8 heteroatoms. The van der Waals surface area contributed by atoms with Gasteiger partial charge in [-0.05, 0) is 43.7 Å². The van der Waals surface area contributed by atoms with Crippen LogP contribution in [0.15, 0.2) is 84.0 Å². The molecule has 4 aromatic rings. The molecule has 1 aliphatic heterocycles. The number of aryl methyl sites for hydroxylation is 2. The van der Waals surface area contributed by atoms with Gasteiger partial charge in [0.25, 0.3) is 0 Å². The summed E-state index contributed by atoms with van der Waals surface area (Å²) in [4.78, 5) is 4.16. The maximum absolute atomic E-state index is 13.5. The first-order valence-electron chi connectivity index (χ1n) is 10.4. The molecule has 1 aliphatic rings. The second-order valence-electron chi connectivity index (χ2n) is 7.54. The molecule has 0 saturated heterocycles. The van der Waals surface area contributed by atoms with Crippen LogP contribution in [0.5, 0.6) is 11.5 Å². The molecule has 32 heavy (non-hydrogen) atoms. The molecular weight excluding hydrogens is 424 g/mol. The minimum Gasteiger partial charge on any atom is -0.588 e. The fourth-order valence-electron chi connectivity index (χ4n) is 4.00. The van der Waals surface area contributed by atoms with Gasteiger partial charge in [0.05, 0.1) is 24.0 Å². The Morgan fingerprint density at radius 1 is 1.00 bits per heavy atom. The molecule has 2 aromatic carbocycles. The Morgan fingerprint density at radius 3 is 2.56 bits per heavy atom. The van der Waals surface area contributed by atoms with Crippen LogP contribution in [0.2, 0.25) is 0 Å². The highest BCUT2D eigenvalue weighted by Crippen LogP contribution is 2.44. The maximum atomic E-state index is 13.5. The van der Waals surface area contributed by atoms with Crippen molar-refractivity contribution in [1.82, 2.24) is 14.8 Å². The van der Waals surface area contributed by atoms with Gasteiger partial charge < -0.3 is 9.29 Å². The molecule has 2 aromatic heterocycles. The Morgan fingerprint density at radius 2 is 1.78 bits per heavy atom. The third-order valence-electron chi connectivity index (χ3n) is 5.42. The van der Waals surface area contributed by atoms with Crippen molar-refractivity contribution < 1.29 is 13.5 Å². The molecule has 0 aliphatic carbocycles. The standard InChI is InChI=1S/C24H22N4O3S/c1-18-23(21-12-5-6-13-22(21)31-19-9-3-2-4-10-19)24-27(26-18)15-8-16-28(24)32(29,30)20-11-7-14-25-17-20/h2-7,9-14,17H,8,15-16H2,1H3. The molecule has 0 N–H and O–H groups in total. The van der Waals surface area contributed by atoms with Crippen molar-refractivity contribution >= 4 is 16.2 Å². The van der Waals surface area contributed by atoms with Crippen LogP contribution in [0, 0.1) is 6.92 Å². The molecule has 1 atom stereocenters. The highest BCUT2D eigenvalue weighted by Gasteiger charge is 2.38. The van der Waals surface area contributed by atoms with Gasteiger partial charge in [0.15, 0.2) is 21.1 Å². The van der Waals surface area contributed by atoms with Gasteiger partial charge in [-0.15, -0.1) is 0 Å². The van der Waals surface area contributed by atoms with Gasteiger partial charge in [-0.3, -0.25) is 4.98 Å². The zero-order chi connectivity index (χ0) is 22.1. The van der Waals surface area contributed by atoms with Crippen molar-refractivity contribution in [2.75, 3.05) is 10.8 Å². The Balaban J connectivity index is 1.65. The van der Waals surface area contributed by atoms with Crippen molar-refractivity contribution in [3.63, 3.8) is 0 Å². The first kappa shape index (κ1) is 20.4. The number of para-hydroxylation sites is 2. The largest absolute Gasteiger partial charge is 0.588 e. The van der Waals surface area contributed by atoms with E-state index in [-0.39, 0.29) is 4.90 Å². The van der Waals surface area contributed by atoms with Gasteiger partial charge in [-0.25, -0.2) is 4.68 Å². The smallest absolute Gasteiger partial charge is 0.199 e. The summed E-state index contributed by atoms with van der Waals surface area (Å²) in [5.41, 5.74) is 2.30. The van der Waals surface area contributed by atoms with Gasteiger partial charge in [-0.1, -0.05) is 40.6 Å². The first-order valence-corrected chi connectivity index (χ1v) is 11.8. The third kappa shape index (κ3) is 3.57. The fraction of sp³-hybridized carbons (Fsp3) is 0.167. The molecule has 162 valence electrons. The molecule has 0 amide bonds. The summed E-state index contributed by atoms with van der Waals surface area (Å²) in [6.45, 7) is 2.92. The molecule has 0 radical (unpaired) electrons. The lowest BCUT2D eigenvalue weighted by Crippen LogP contribution is -2.42. The predicted octanol–water partition coefficient (Wildman–Crippen LogP) is 4.86. The number of anilines is 1. The molecule has 0 spiro atoms. The molecule has 5 rings (SSSR count). The molecule has 3 heterocycles. The minimum absolute atomic E-state index is 0.159. The number of pyridine rings is 1. The van der Waals surface area contributed by atoms with Crippen LogP contribution in [-0.4, -0.2) is 25.9 Å². The van der Waals surface area contributed by atoms with E-state index < -0.39 is 10.4 Å². The van der Waals surface area contributed by atoms with Crippen LogP contribution >= 0.6 is 0 Å². The zero-order valence-electron chi connectivity index (χ0n) is 17.5. The third-order valence-corrected chi connectivity index (χ3v) is 7.19. The molecule has 0 saturated carbocycles. The molecule has 0 fully saturated rings. The van der Waals surface area contributed by atoms with Crippen molar-refractivity contribution in [1.29, 1.82) is 0 Å². The average molecular weight is 447 g/mol. The maximum Gasteiger partial charge on any atom is 0.199 e. The van der Waals surface area contributed by atoms with Crippen LogP contribution < -0.4 is 9.04 Å². The number of nitrogens with zero attached hydrogens (tertiary/aromatic N) is 4. The van der Waals surface area contributed by atoms with E-state index in [0.29, 0.717) is 36.8 Å². The highest BCUT2D eigenvalue weighted by molar-refractivity contribution is 7.99. The van der Waals surface area contributed by atoms with Gasteiger partial charge in [-0.2, -0.15) is 9.40 Å². The number of sulfonamides is 1. The fourth-order valence-corrected chi connectivity index (χ4v) is 5.48. The Hall–Kier alpha value is -3.49. The highest BCUT2D eigenvalue weighted by atomic mass is 32.3. The number of hydrogen-bond donors (Lipinski definition) is 0. The normalized spacial score (nSPS) is 15.1. The van der Waals surface area contributed by atoms with E-state index in [1.54, 1.807) is 23.0 Å². The van der Waals surface area contributed by atoms with Gasteiger partial charge in [0.2, 0.25) is 0 Å². The molecule has 0 bridgehead atoms. The van der Waals surface area contributed by atoms with Gasteiger partial charge in [0, 0.05) is 18.3 Å². The van der Waals surface area contributed by atoms with Crippen molar-refractivity contribution in [2.45, 2.75) is 24.8 Å². The zero-order valence-corrected chi connectivity index (χ0v) is 18.4. The topological polar surface area (TPSA) is 83.3 Å². The van der Waals surface area contributed by atoms with E-state index >= 15 is 0 Å². The summed E-state index contributed by atoms with van der Waals surface area (Å²) in [5, 5.41) is 4.67.